The van der Waals surface area contributed by atoms with Gasteiger partial charge in [-0.3, -0.25) is 0 Å². The first-order valence-corrected chi connectivity index (χ1v) is 7.15. The molecule has 0 heterocycles. The predicted octanol–water partition coefficient (Wildman–Crippen LogP) is 2.55. The Labute approximate surface area is 108 Å². The Hall–Kier alpha value is -0.870. The monoisotopic (exact) mass is 255 g/mol. The third kappa shape index (κ3) is 4.48. The molecule has 0 aromatic heterocycles. The van der Waals surface area contributed by atoms with Crippen LogP contribution in [0.25, 0.3) is 0 Å². The largest absolute Gasteiger partial charge is 0.493 e. The number of nitrogens with one attached hydrogen (secondary N) is 1. The van der Waals surface area contributed by atoms with Crippen LogP contribution in [-0.4, -0.2) is 32.8 Å². The molecule has 0 aliphatic heterocycles. The Morgan fingerprint density at radius 3 is 2.82 bits per heavy atom. The molecule has 96 valence electrons. The highest BCUT2D eigenvalue weighted by Crippen LogP contribution is 2.31. The van der Waals surface area contributed by atoms with E-state index in [9.17, 15) is 0 Å². The summed E-state index contributed by atoms with van der Waals surface area (Å²) in [5.41, 5.74) is 1.14. The van der Waals surface area contributed by atoms with Crippen LogP contribution in [0.15, 0.2) is 18.2 Å². The predicted molar refractivity (Wildman–Crippen MR) is 74.3 cm³/mol. The Balaban J connectivity index is 2.70. The van der Waals surface area contributed by atoms with Gasteiger partial charge in [0.1, 0.15) is 0 Å². The average molecular weight is 255 g/mol. The molecule has 0 atom stereocenters. The van der Waals surface area contributed by atoms with Gasteiger partial charge in [0.15, 0.2) is 11.5 Å². The fourth-order valence-corrected chi connectivity index (χ4v) is 2.00. The number of hydrogen-bond acceptors (Lipinski definition) is 4. The third-order valence-corrected chi connectivity index (χ3v) is 3.08. The van der Waals surface area contributed by atoms with Crippen molar-refractivity contribution < 1.29 is 9.47 Å². The van der Waals surface area contributed by atoms with E-state index in [4.69, 9.17) is 9.47 Å². The average Bonchev–Trinajstić information content (AvgIpc) is 2.36. The Morgan fingerprint density at radius 2 is 2.18 bits per heavy atom. The van der Waals surface area contributed by atoms with Crippen LogP contribution in [0.4, 0.5) is 0 Å². The minimum Gasteiger partial charge on any atom is -0.493 e. The van der Waals surface area contributed by atoms with Crippen LogP contribution in [0.2, 0.25) is 0 Å². The lowest BCUT2D eigenvalue weighted by Crippen LogP contribution is -2.09. The maximum absolute atomic E-state index is 5.84. The zero-order chi connectivity index (χ0) is 12.5. The second kappa shape index (κ2) is 8.25. The first-order valence-electron chi connectivity index (χ1n) is 5.75. The first-order chi connectivity index (χ1) is 8.33. The summed E-state index contributed by atoms with van der Waals surface area (Å²) in [7, 11) is 3.60. The van der Waals surface area contributed by atoms with Crippen molar-refractivity contribution in [2.75, 3.05) is 32.8 Å². The van der Waals surface area contributed by atoms with Gasteiger partial charge in [0.05, 0.1) is 13.7 Å². The number of benzene rings is 1. The number of methoxy groups -OCH3 is 1. The van der Waals surface area contributed by atoms with Crippen molar-refractivity contribution in [3.05, 3.63) is 23.8 Å². The molecule has 4 heteroatoms. The van der Waals surface area contributed by atoms with E-state index in [0.717, 1.165) is 42.4 Å². The van der Waals surface area contributed by atoms with Crippen LogP contribution in [0.5, 0.6) is 11.5 Å². The van der Waals surface area contributed by atoms with Crippen molar-refractivity contribution >= 4 is 11.8 Å². The lowest BCUT2D eigenvalue weighted by molar-refractivity contribution is 0.291. The first kappa shape index (κ1) is 14.2. The summed E-state index contributed by atoms with van der Waals surface area (Å²) in [6, 6.07) is 5.98. The summed E-state index contributed by atoms with van der Waals surface area (Å²) in [4.78, 5) is 0. The van der Waals surface area contributed by atoms with Gasteiger partial charge in [-0.2, -0.15) is 11.8 Å². The normalized spacial score (nSPS) is 10.3. The summed E-state index contributed by atoms with van der Waals surface area (Å²) >= 11 is 1.84. The molecule has 0 saturated heterocycles. The molecular formula is C13H21NO2S. The lowest BCUT2D eigenvalue weighted by atomic mass is 10.2. The molecule has 0 fully saturated rings. The summed E-state index contributed by atoms with van der Waals surface area (Å²) in [5.74, 6) is 2.80. The smallest absolute Gasteiger partial charge is 0.165 e. The van der Waals surface area contributed by atoms with Gasteiger partial charge in [-0.15, -0.1) is 0 Å². The fraction of sp³-hybridized carbons (Fsp3) is 0.538. The molecule has 0 radical (unpaired) electrons. The van der Waals surface area contributed by atoms with Crippen LogP contribution in [0.1, 0.15) is 12.0 Å². The van der Waals surface area contributed by atoms with Crippen molar-refractivity contribution in [1.29, 1.82) is 0 Å². The number of para-hydroxylation sites is 1. The highest BCUT2D eigenvalue weighted by Gasteiger charge is 2.09. The second-order valence-electron chi connectivity index (χ2n) is 3.67. The molecule has 0 aliphatic rings. The minimum absolute atomic E-state index is 0.734. The number of hydrogen-bond donors (Lipinski definition) is 1. The van der Waals surface area contributed by atoms with E-state index in [1.54, 1.807) is 7.11 Å². The Bertz CT molecular complexity index is 331. The second-order valence-corrected chi connectivity index (χ2v) is 4.66. The molecule has 0 unspecified atom stereocenters. The molecule has 0 amide bonds. The highest BCUT2D eigenvalue weighted by molar-refractivity contribution is 7.98. The van der Waals surface area contributed by atoms with Gasteiger partial charge in [0.25, 0.3) is 0 Å². The molecule has 0 spiro atoms. The molecule has 3 nitrogen and oxygen atoms in total. The summed E-state index contributed by atoms with van der Waals surface area (Å²) < 4.78 is 11.2. The molecule has 0 bridgehead atoms. The van der Waals surface area contributed by atoms with Crippen molar-refractivity contribution in [3.8, 4) is 11.5 Å². The number of rotatable bonds is 8. The molecule has 1 aromatic carbocycles. The van der Waals surface area contributed by atoms with Gasteiger partial charge in [-0.1, -0.05) is 12.1 Å². The van der Waals surface area contributed by atoms with Crippen LogP contribution < -0.4 is 14.8 Å². The van der Waals surface area contributed by atoms with Gasteiger partial charge in [-0.25, -0.2) is 0 Å². The van der Waals surface area contributed by atoms with Gasteiger partial charge in [-0.05, 0) is 31.5 Å². The molecule has 1 aromatic rings. The maximum Gasteiger partial charge on any atom is 0.165 e. The number of ether oxygens (including phenoxy) is 2. The zero-order valence-corrected chi connectivity index (χ0v) is 11.6. The van der Waals surface area contributed by atoms with E-state index < -0.39 is 0 Å². The fourth-order valence-electron chi connectivity index (χ4n) is 1.59. The van der Waals surface area contributed by atoms with E-state index in [1.807, 2.05) is 30.9 Å². The third-order valence-electron chi connectivity index (χ3n) is 2.39. The van der Waals surface area contributed by atoms with Crippen LogP contribution in [-0.2, 0) is 6.54 Å². The molecule has 17 heavy (non-hydrogen) atoms. The standard InChI is InChI=1S/C13H21NO2S/c1-14-10-11-6-4-7-12(15-2)13(11)16-8-5-9-17-3/h4,6-7,14H,5,8-10H2,1-3H3. The summed E-state index contributed by atoms with van der Waals surface area (Å²) in [5, 5.41) is 3.14. The number of thioether (sulfide) groups is 1. The molecule has 1 N–H and O–H groups in total. The van der Waals surface area contributed by atoms with Crippen LogP contribution in [0.3, 0.4) is 0 Å². The van der Waals surface area contributed by atoms with E-state index in [1.165, 1.54) is 0 Å². The van der Waals surface area contributed by atoms with Gasteiger partial charge >= 0.3 is 0 Å². The topological polar surface area (TPSA) is 30.5 Å². The van der Waals surface area contributed by atoms with Crippen LogP contribution >= 0.6 is 11.8 Å². The molecule has 0 saturated carbocycles. The van der Waals surface area contributed by atoms with E-state index >= 15 is 0 Å². The molecule has 0 aliphatic carbocycles. The van der Waals surface area contributed by atoms with Gasteiger partial charge in [0.2, 0.25) is 0 Å². The summed E-state index contributed by atoms with van der Waals surface area (Å²) in [6.45, 7) is 1.52. The van der Waals surface area contributed by atoms with Crippen molar-refractivity contribution in [1.82, 2.24) is 5.32 Å². The zero-order valence-electron chi connectivity index (χ0n) is 10.8. The van der Waals surface area contributed by atoms with Gasteiger partial charge < -0.3 is 14.8 Å². The van der Waals surface area contributed by atoms with E-state index in [0.29, 0.717) is 0 Å². The van der Waals surface area contributed by atoms with Crippen molar-refractivity contribution in [2.24, 2.45) is 0 Å². The Morgan fingerprint density at radius 1 is 1.35 bits per heavy atom. The van der Waals surface area contributed by atoms with E-state index in [-0.39, 0.29) is 0 Å². The van der Waals surface area contributed by atoms with Crippen molar-refractivity contribution in [2.45, 2.75) is 13.0 Å². The quantitative estimate of drug-likeness (QED) is 0.723. The molecule has 1 rings (SSSR count). The SMILES string of the molecule is CNCc1cccc(OC)c1OCCCSC. The van der Waals surface area contributed by atoms with Crippen molar-refractivity contribution in [3.63, 3.8) is 0 Å². The molecular weight excluding hydrogens is 234 g/mol. The maximum atomic E-state index is 5.84. The minimum atomic E-state index is 0.734. The summed E-state index contributed by atoms with van der Waals surface area (Å²) in [6.07, 6.45) is 3.16. The van der Waals surface area contributed by atoms with Crippen LogP contribution in [0, 0.1) is 0 Å². The van der Waals surface area contributed by atoms with Gasteiger partial charge in [0, 0.05) is 12.1 Å². The van der Waals surface area contributed by atoms with E-state index in [2.05, 4.69) is 17.6 Å². The highest BCUT2D eigenvalue weighted by atomic mass is 32.2. The Kier molecular flexibility index (Phi) is 6.89. The lowest BCUT2D eigenvalue weighted by Gasteiger charge is -2.14.